The molecule has 0 heterocycles. The molecular weight excluding hydrogens is 178 g/mol. The van der Waals surface area contributed by atoms with Gasteiger partial charge in [0.25, 0.3) is 0 Å². The third kappa shape index (κ3) is 3.18. The van der Waals surface area contributed by atoms with Gasteiger partial charge in [-0.2, -0.15) is 0 Å². The van der Waals surface area contributed by atoms with Crippen molar-refractivity contribution in [1.29, 1.82) is 0 Å². The lowest BCUT2D eigenvalue weighted by molar-refractivity contribution is -0.129. The number of carbonyl (C=O) groups is 1. The van der Waals surface area contributed by atoms with E-state index in [2.05, 4.69) is 6.92 Å². The molecule has 0 aliphatic carbocycles. The van der Waals surface area contributed by atoms with Crippen molar-refractivity contribution in [3.63, 3.8) is 0 Å². The topological polar surface area (TPSA) is 49.3 Å². The Morgan fingerprint density at radius 3 is 2.64 bits per heavy atom. The molecule has 2 N–H and O–H groups in total. The predicted molar refractivity (Wildman–Crippen MR) is 54.0 cm³/mol. The molecule has 1 amide bonds. The summed E-state index contributed by atoms with van der Waals surface area (Å²) in [4.78, 5) is 10.8. The molecule has 3 nitrogen and oxygen atoms in total. The highest BCUT2D eigenvalue weighted by molar-refractivity contribution is 5.74. The van der Waals surface area contributed by atoms with Crippen LogP contribution in [0.15, 0.2) is 30.3 Å². The maximum atomic E-state index is 10.8. The van der Waals surface area contributed by atoms with Crippen molar-refractivity contribution >= 4 is 5.91 Å². The highest BCUT2D eigenvalue weighted by Gasteiger charge is 2.07. The van der Waals surface area contributed by atoms with Crippen LogP contribution in [0.4, 0.5) is 0 Å². The summed E-state index contributed by atoms with van der Waals surface area (Å²) in [7, 11) is 0. The summed E-state index contributed by atoms with van der Waals surface area (Å²) in [6, 6.07) is 10.0. The van der Waals surface area contributed by atoms with Crippen molar-refractivity contribution in [1.82, 2.24) is 5.48 Å². The predicted octanol–water partition coefficient (Wildman–Crippen LogP) is 2.08. The van der Waals surface area contributed by atoms with Crippen LogP contribution in [0, 0.1) is 0 Å². The van der Waals surface area contributed by atoms with Crippen molar-refractivity contribution < 1.29 is 10.0 Å². The Morgan fingerprint density at radius 2 is 2.07 bits per heavy atom. The largest absolute Gasteiger partial charge is 0.289 e. The molecule has 1 atom stereocenters. The maximum Gasteiger partial charge on any atom is 0.243 e. The molecule has 0 saturated carbocycles. The van der Waals surface area contributed by atoms with Gasteiger partial charge < -0.3 is 0 Å². The van der Waals surface area contributed by atoms with Crippen molar-refractivity contribution in [2.45, 2.75) is 25.7 Å². The third-order valence-corrected chi connectivity index (χ3v) is 2.30. The molecule has 0 radical (unpaired) electrons. The monoisotopic (exact) mass is 193 g/mol. The van der Waals surface area contributed by atoms with E-state index in [0.29, 0.717) is 12.3 Å². The second kappa shape index (κ2) is 5.40. The van der Waals surface area contributed by atoms with E-state index in [4.69, 9.17) is 5.21 Å². The summed E-state index contributed by atoms with van der Waals surface area (Å²) in [6.07, 6.45) is 1.10. The van der Waals surface area contributed by atoms with Gasteiger partial charge in [0, 0.05) is 6.42 Å². The number of rotatable bonds is 4. The van der Waals surface area contributed by atoms with Gasteiger partial charge in [-0.1, -0.05) is 37.3 Å². The van der Waals surface area contributed by atoms with E-state index in [1.807, 2.05) is 30.3 Å². The Morgan fingerprint density at radius 1 is 1.43 bits per heavy atom. The molecule has 1 aromatic carbocycles. The van der Waals surface area contributed by atoms with E-state index in [9.17, 15) is 4.79 Å². The highest BCUT2D eigenvalue weighted by atomic mass is 16.5. The molecule has 1 aromatic rings. The Bertz CT molecular complexity index is 285. The zero-order valence-corrected chi connectivity index (χ0v) is 8.23. The van der Waals surface area contributed by atoms with E-state index >= 15 is 0 Å². The Labute approximate surface area is 83.7 Å². The minimum Gasteiger partial charge on any atom is -0.289 e. The van der Waals surface area contributed by atoms with Crippen LogP contribution in [0.25, 0.3) is 0 Å². The zero-order valence-electron chi connectivity index (χ0n) is 8.23. The lowest BCUT2D eigenvalue weighted by Crippen LogP contribution is -2.18. The van der Waals surface area contributed by atoms with Crippen LogP contribution in [-0.4, -0.2) is 11.1 Å². The van der Waals surface area contributed by atoms with Gasteiger partial charge in [0.05, 0.1) is 0 Å². The minimum absolute atomic E-state index is 0.326. The van der Waals surface area contributed by atoms with E-state index in [-0.39, 0.29) is 5.91 Å². The fourth-order valence-electron chi connectivity index (χ4n) is 1.35. The van der Waals surface area contributed by atoms with Gasteiger partial charge in [-0.15, -0.1) is 0 Å². The molecule has 0 fully saturated rings. The van der Waals surface area contributed by atoms with Crippen molar-refractivity contribution in [2.24, 2.45) is 0 Å². The lowest BCUT2D eigenvalue weighted by atomic mass is 9.96. The first kappa shape index (κ1) is 10.7. The van der Waals surface area contributed by atoms with Gasteiger partial charge in [-0.3, -0.25) is 10.0 Å². The van der Waals surface area contributed by atoms with Gasteiger partial charge in [0.1, 0.15) is 0 Å². The van der Waals surface area contributed by atoms with E-state index in [1.54, 1.807) is 5.48 Å². The third-order valence-electron chi connectivity index (χ3n) is 2.30. The van der Waals surface area contributed by atoms with E-state index < -0.39 is 0 Å². The van der Waals surface area contributed by atoms with E-state index in [1.165, 1.54) is 5.56 Å². The second-order valence-corrected chi connectivity index (χ2v) is 3.39. The Hall–Kier alpha value is -1.35. The summed E-state index contributed by atoms with van der Waals surface area (Å²) < 4.78 is 0. The lowest BCUT2D eigenvalue weighted by Gasteiger charge is -2.10. The van der Waals surface area contributed by atoms with Crippen LogP contribution in [0.3, 0.4) is 0 Å². The molecule has 0 aliphatic rings. The fraction of sp³-hybridized carbons (Fsp3) is 0.364. The summed E-state index contributed by atoms with van der Waals surface area (Å²) in [5.41, 5.74) is 2.85. The van der Waals surface area contributed by atoms with Gasteiger partial charge in [-0.25, -0.2) is 5.48 Å². The molecule has 0 bridgehead atoms. The number of nitrogens with one attached hydrogen (secondary N) is 1. The molecule has 3 heteroatoms. The summed E-state index contributed by atoms with van der Waals surface area (Å²) in [5, 5.41) is 8.32. The molecule has 1 rings (SSSR count). The molecular formula is C11H15NO2. The zero-order chi connectivity index (χ0) is 10.4. The molecule has 0 aliphatic heterocycles. The van der Waals surface area contributed by atoms with Gasteiger partial charge >= 0.3 is 0 Å². The van der Waals surface area contributed by atoms with Crippen molar-refractivity contribution in [3.05, 3.63) is 35.9 Å². The number of amides is 1. The summed E-state index contributed by atoms with van der Waals surface area (Å²) in [5.74, 6) is 0.0151. The number of benzene rings is 1. The minimum atomic E-state index is -0.326. The molecule has 0 saturated heterocycles. The van der Waals surface area contributed by atoms with Crippen LogP contribution in [0.1, 0.15) is 31.2 Å². The number of hydrogen-bond donors (Lipinski definition) is 2. The number of hydrogen-bond acceptors (Lipinski definition) is 2. The fourth-order valence-corrected chi connectivity index (χ4v) is 1.35. The van der Waals surface area contributed by atoms with Crippen molar-refractivity contribution in [2.75, 3.05) is 0 Å². The van der Waals surface area contributed by atoms with Crippen LogP contribution in [0.5, 0.6) is 0 Å². The highest BCUT2D eigenvalue weighted by Crippen LogP contribution is 2.19. The van der Waals surface area contributed by atoms with Crippen LogP contribution in [-0.2, 0) is 4.79 Å². The molecule has 1 unspecified atom stereocenters. The van der Waals surface area contributed by atoms with Gasteiger partial charge in [0.15, 0.2) is 0 Å². The van der Waals surface area contributed by atoms with Crippen LogP contribution in [0.2, 0.25) is 0 Å². The average molecular weight is 193 g/mol. The molecule has 76 valence electrons. The van der Waals surface area contributed by atoms with Crippen LogP contribution >= 0.6 is 0 Å². The smallest absolute Gasteiger partial charge is 0.243 e. The molecule has 0 spiro atoms. The standard InChI is InChI=1S/C11H15NO2/c1-9(7-8-11(13)12-14)10-5-3-2-4-6-10/h2-6,9,14H,7-8H2,1H3,(H,12,13). The average Bonchev–Trinajstić information content (AvgIpc) is 2.26. The maximum absolute atomic E-state index is 10.8. The number of carbonyl (C=O) groups excluding carboxylic acids is 1. The Kier molecular flexibility index (Phi) is 4.13. The van der Waals surface area contributed by atoms with Gasteiger partial charge in [0.2, 0.25) is 5.91 Å². The van der Waals surface area contributed by atoms with E-state index in [0.717, 1.165) is 6.42 Å². The first-order valence-electron chi connectivity index (χ1n) is 4.72. The summed E-state index contributed by atoms with van der Waals surface area (Å²) in [6.45, 7) is 2.07. The molecule has 14 heavy (non-hydrogen) atoms. The van der Waals surface area contributed by atoms with Crippen LogP contribution < -0.4 is 5.48 Å². The van der Waals surface area contributed by atoms with Crippen molar-refractivity contribution in [3.8, 4) is 0 Å². The molecule has 0 aromatic heterocycles. The first-order chi connectivity index (χ1) is 6.74. The first-order valence-corrected chi connectivity index (χ1v) is 4.72. The second-order valence-electron chi connectivity index (χ2n) is 3.39. The Balaban J connectivity index is 2.43. The normalized spacial score (nSPS) is 12.1. The number of hydroxylamine groups is 1. The summed E-state index contributed by atoms with van der Waals surface area (Å²) >= 11 is 0. The van der Waals surface area contributed by atoms with Gasteiger partial charge in [-0.05, 0) is 17.9 Å². The quantitative estimate of drug-likeness (QED) is 0.568. The SMILES string of the molecule is CC(CCC(=O)NO)c1ccccc1.